The van der Waals surface area contributed by atoms with E-state index in [1.54, 1.807) is 0 Å². The summed E-state index contributed by atoms with van der Waals surface area (Å²) in [5.41, 5.74) is -5.17. The maximum Gasteiger partial charge on any atom is 0.136 e. The van der Waals surface area contributed by atoms with Gasteiger partial charge >= 0.3 is 0 Å². The lowest BCUT2D eigenvalue weighted by atomic mass is 9.86. The molecule has 39 heavy (non-hydrogen) atoms. The monoisotopic (exact) mass is 520 g/mol. The first-order valence-corrected chi connectivity index (χ1v) is 11.4. The summed E-state index contributed by atoms with van der Waals surface area (Å²) in [5.74, 6) is 0. The van der Waals surface area contributed by atoms with Crippen LogP contribution in [0.1, 0.15) is 32.9 Å². The fourth-order valence-electron chi connectivity index (χ4n) is 4.52. The SMILES string of the molecule is [2H]c1c([2H])c([2H])c(-c2c([2H])c([2H])c3oc4c([2H])c(-c5c6c([2H])c([2H])c([2H])c([2H])c6c(-c6c([2H])c([2H])c([2H])c([2H])c6[2H])c6c([2H])c([2H])c([2H])c([2H])c56)c([2H])c([2H])c4c3c2[2H])c([2H])c1[2H]. The molecule has 8 aromatic rings. The zero-order valence-electron chi connectivity index (χ0n) is 43.4. The first kappa shape index (κ1) is 8.69. The third-order valence-corrected chi connectivity index (χ3v) is 6.14. The molecule has 0 amide bonds. The Hall–Kier alpha value is -5.14. The van der Waals surface area contributed by atoms with Crippen molar-refractivity contribution in [2.45, 2.75) is 0 Å². The normalized spacial score (nSPS) is 20.2. The van der Waals surface area contributed by atoms with Gasteiger partial charge in [-0.3, -0.25) is 0 Å². The zero-order chi connectivity index (χ0) is 46.6. The van der Waals surface area contributed by atoms with Crippen LogP contribution in [0.2, 0.25) is 0 Å². The highest BCUT2D eigenvalue weighted by atomic mass is 16.3. The summed E-state index contributed by atoms with van der Waals surface area (Å²) in [6.07, 6.45) is 0. The van der Waals surface area contributed by atoms with Crippen molar-refractivity contribution in [1.29, 1.82) is 0 Å². The lowest BCUT2D eigenvalue weighted by Crippen LogP contribution is -1.90. The van der Waals surface area contributed by atoms with Gasteiger partial charge in [-0.1, -0.05) is 121 Å². The lowest BCUT2D eigenvalue weighted by molar-refractivity contribution is 0.669. The molecule has 8 rings (SSSR count). The van der Waals surface area contributed by atoms with E-state index in [1.165, 1.54) is 0 Å². The fraction of sp³-hybridized carbons (Fsp3) is 0. The summed E-state index contributed by atoms with van der Waals surface area (Å²) in [6.45, 7) is 0. The molecule has 1 nitrogen and oxygen atoms in total. The van der Waals surface area contributed by atoms with Crippen LogP contribution < -0.4 is 0 Å². The second-order valence-corrected chi connectivity index (χ2v) is 8.26. The molecule has 0 atom stereocenters. The number of hydrogen-bond acceptors (Lipinski definition) is 1. The molecule has 0 fully saturated rings. The van der Waals surface area contributed by atoms with Gasteiger partial charge in [-0.25, -0.2) is 0 Å². The summed E-state index contributed by atoms with van der Waals surface area (Å²) < 4.78 is 216. The average molecular weight is 521 g/mol. The summed E-state index contributed by atoms with van der Waals surface area (Å²) in [5, 5.41) is -3.52. The topological polar surface area (TPSA) is 13.1 Å². The van der Waals surface area contributed by atoms with Crippen LogP contribution in [0, 0.1) is 0 Å². The Kier molecular flexibility index (Phi) is 1.94. The van der Waals surface area contributed by atoms with Crippen LogP contribution in [0.5, 0.6) is 0 Å². The van der Waals surface area contributed by atoms with E-state index in [9.17, 15) is 8.22 Å². The Balaban J connectivity index is 1.66. The van der Waals surface area contributed by atoms with Gasteiger partial charge in [0.25, 0.3) is 0 Å². The molecule has 0 bridgehead atoms. The number of rotatable bonds is 3. The van der Waals surface area contributed by atoms with Gasteiger partial charge in [-0.15, -0.1) is 0 Å². The Bertz CT molecular complexity index is 3360. The second kappa shape index (κ2) is 8.72. The largest absolute Gasteiger partial charge is 0.456 e. The first-order chi connectivity index (χ1) is 29.3. The molecule has 0 aliphatic carbocycles. The first-order valence-electron chi connectivity index (χ1n) is 23.4. The minimum atomic E-state index is -0.946. The minimum Gasteiger partial charge on any atom is -0.456 e. The van der Waals surface area contributed by atoms with Gasteiger partial charge in [-0.2, -0.15) is 0 Å². The smallest absolute Gasteiger partial charge is 0.136 e. The van der Waals surface area contributed by atoms with Crippen molar-refractivity contribution in [3.63, 3.8) is 0 Å². The van der Waals surface area contributed by atoms with Crippen LogP contribution in [0.15, 0.2) is 149 Å². The van der Waals surface area contributed by atoms with Crippen LogP contribution >= 0.6 is 0 Å². The van der Waals surface area contributed by atoms with E-state index in [1.807, 2.05) is 0 Å². The van der Waals surface area contributed by atoms with Crippen molar-refractivity contribution < 1.29 is 37.3 Å². The molecule has 0 saturated heterocycles. The van der Waals surface area contributed by atoms with Gasteiger partial charge in [0.15, 0.2) is 0 Å². The van der Waals surface area contributed by atoms with Gasteiger partial charge in [0, 0.05) is 10.8 Å². The van der Waals surface area contributed by atoms with E-state index in [0.29, 0.717) is 0 Å². The third-order valence-electron chi connectivity index (χ3n) is 6.14. The Morgan fingerprint density at radius 3 is 1.46 bits per heavy atom. The molecule has 1 heterocycles. The van der Waals surface area contributed by atoms with Gasteiger partial charge in [0.05, 0.1) is 32.9 Å². The van der Waals surface area contributed by atoms with Gasteiger partial charge in [0.2, 0.25) is 0 Å². The van der Waals surface area contributed by atoms with Crippen LogP contribution in [0.4, 0.5) is 0 Å². The minimum absolute atomic E-state index is 0.471. The number of fused-ring (bicyclic) bond motifs is 5. The molecule has 0 radical (unpaired) electrons. The van der Waals surface area contributed by atoms with E-state index < -0.39 is 222 Å². The molecule has 1 heteroatoms. The summed E-state index contributed by atoms with van der Waals surface area (Å²) in [7, 11) is 0. The molecule has 0 saturated carbocycles. The summed E-state index contributed by atoms with van der Waals surface area (Å²) in [4.78, 5) is 0. The number of benzene rings is 7. The Morgan fingerprint density at radius 1 is 0.333 bits per heavy atom. The molecule has 7 aromatic carbocycles. The molecule has 1 aromatic heterocycles. The fourth-order valence-corrected chi connectivity index (χ4v) is 4.52. The Labute approximate surface area is 260 Å². The van der Waals surface area contributed by atoms with Gasteiger partial charge in [0.1, 0.15) is 11.2 Å². The third kappa shape index (κ3) is 3.48. The molecule has 0 N–H and O–H groups in total. The van der Waals surface area contributed by atoms with Crippen molar-refractivity contribution in [2.75, 3.05) is 0 Å². The molecule has 0 aliphatic heterocycles. The molecule has 182 valence electrons. The maximum absolute atomic E-state index is 9.55. The molecule has 0 aliphatic rings. The van der Waals surface area contributed by atoms with E-state index in [-0.39, 0.29) is 0 Å². The van der Waals surface area contributed by atoms with Crippen molar-refractivity contribution in [3.05, 3.63) is 145 Å². The second-order valence-electron chi connectivity index (χ2n) is 8.26. The quantitative estimate of drug-likeness (QED) is 0.211. The predicted molar refractivity (Wildman–Crippen MR) is 165 cm³/mol. The van der Waals surface area contributed by atoms with Gasteiger partial charge < -0.3 is 4.42 Å². The van der Waals surface area contributed by atoms with Crippen LogP contribution in [-0.2, 0) is 0 Å². The zero-order valence-corrected chi connectivity index (χ0v) is 19.4. The van der Waals surface area contributed by atoms with Crippen molar-refractivity contribution in [3.8, 4) is 33.4 Å². The van der Waals surface area contributed by atoms with E-state index in [2.05, 4.69) is 0 Å². The molecular formula is C38H24O. The van der Waals surface area contributed by atoms with Crippen LogP contribution in [-0.4, -0.2) is 0 Å². The molecule has 0 spiro atoms. The van der Waals surface area contributed by atoms with E-state index >= 15 is 0 Å². The van der Waals surface area contributed by atoms with Crippen molar-refractivity contribution >= 4 is 43.5 Å². The lowest BCUT2D eigenvalue weighted by Gasteiger charge is -2.17. The highest BCUT2D eigenvalue weighted by Crippen LogP contribution is 2.44. The Morgan fingerprint density at radius 2 is 0.846 bits per heavy atom. The van der Waals surface area contributed by atoms with Gasteiger partial charge in [-0.05, 0) is 79.1 Å². The molecule has 0 unspecified atom stereocenters. The average Bonchev–Trinajstić information content (AvgIpc) is 3.67. The summed E-state index contributed by atoms with van der Waals surface area (Å²) >= 11 is 0. The number of furan rings is 1. The number of hydrogen-bond donors (Lipinski definition) is 0. The van der Waals surface area contributed by atoms with E-state index in [4.69, 9.17) is 29.1 Å². The highest BCUT2D eigenvalue weighted by molar-refractivity contribution is 6.22. The summed E-state index contributed by atoms with van der Waals surface area (Å²) in [6, 6.07) is -20.9. The maximum atomic E-state index is 9.55. The van der Waals surface area contributed by atoms with E-state index in [0.717, 1.165) is 0 Å². The predicted octanol–water partition coefficient (Wildman–Crippen LogP) is 10.9. The van der Waals surface area contributed by atoms with Crippen LogP contribution in [0.25, 0.3) is 76.9 Å². The molecular weight excluding hydrogens is 472 g/mol. The van der Waals surface area contributed by atoms with Crippen molar-refractivity contribution in [2.24, 2.45) is 0 Å². The van der Waals surface area contributed by atoms with Crippen molar-refractivity contribution in [1.82, 2.24) is 0 Å². The highest BCUT2D eigenvalue weighted by Gasteiger charge is 2.17. The van der Waals surface area contributed by atoms with Crippen LogP contribution in [0.3, 0.4) is 0 Å². The standard InChI is InChI=1S/C38H24O/c1-3-11-25(12-4-1)27-20-22-35-34(23-27)29-21-19-28(24-36(29)39-35)38-32-17-9-7-15-30(32)37(26-13-5-2-6-14-26)31-16-8-10-18-33(31)38/h1-24H/i1D,2D,3D,4D,5D,6D,7D,8D,9D,10D,11D,12D,13D,14D,15D,16D,17D,18D,19D,20D,21D,22D,23D,24D.